The van der Waals surface area contributed by atoms with Crippen molar-refractivity contribution in [1.82, 2.24) is 10.3 Å². The van der Waals surface area contributed by atoms with Gasteiger partial charge in [0.2, 0.25) is 0 Å². The van der Waals surface area contributed by atoms with E-state index in [2.05, 4.69) is 10.3 Å². The van der Waals surface area contributed by atoms with E-state index in [1.54, 1.807) is 26.0 Å². The predicted octanol–water partition coefficient (Wildman–Crippen LogP) is 2.37. The van der Waals surface area contributed by atoms with E-state index in [9.17, 15) is 9.90 Å². The fraction of sp³-hybridized carbons (Fsp3) is 0.250. The maximum Gasteiger partial charge on any atom is 0.270 e. The van der Waals surface area contributed by atoms with Crippen molar-refractivity contribution >= 4 is 5.91 Å². The highest BCUT2D eigenvalue weighted by Crippen LogP contribution is 2.20. The molecule has 1 aromatic carbocycles. The highest BCUT2D eigenvalue weighted by Gasteiger charge is 2.21. The lowest BCUT2D eigenvalue weighted by atomic mass is 10.1. The summed E-state index contributed by atoms with van der Waals surface area (Å²) >= 11 is 0. The second-order valence-electron chi connectivity index (χ2n) is 5.29. The average Bonchev–Trinajstić information content (AvgIpc) is 2.48. The largest absolute Gasteiger partial charge is 0.457 e. The minimum atomic E-state index is -0.699. The van der Waals surface area contributed by atoms with Crippen molar-refractivity contribution in [3.8, 4) is 11.5 Å². The van der Waals surface area contributed by atoms with Crippen LogP contribution in [0.4, 0.5) is 0 Å². The number of pyridine rings is 1. The smallest absolute Gasteiger partial charge is 0.270 e. The minimum absolute atomic E-state index is 0.154. The molecule has 0 bridgehead atoms. The summed E-state index contributed by atoms with van der Waals surface area (Å²) in [5.41, 5.74) is -0.459. The van der Waals surface area contributed by atoms with E-state index >= 15 is 0 Å². The molecule has 5 heteroatoms. The Balaban J connectivity index is 2.12. The first-order valence-electron chi connectivity index (χ1n) is 6.62. The first kappa shape index (κ1) is 15.0. The molecule has 0 unspecified atom stereocenters. The van der Waals surface area contributed by atoms with Gasteiger partial charge in [0.25, 0.3) is 5.91 Å². The van der Waals surface area contributed by atoms with Crippen LogP contribution >= 0.6 is 0 Å². The Morgan fingerprint density at radius 3 is 2.62 bits per heavy atom. The van der Waals surface area contributed by atoms with Crippen molar-refractivity contribution < 1.29 is 14.6 Å². The van der Waals surface area contributed by atoms with Crippen LogP contribution in [-0.2, 0) is 0 Å². The molecule has 2 rings (SSSR count). The SMILES string of the molecule is CC(C)(CO)NC(=O)c1cc(Oc2ccccc2)ccn1. The quantitative estimate of drug-likeness (QED) is 0.885. The lowest BCUT2D eigenvalue weighted by Crippen LogP contribution is -2.46. The van der Waals surface area contributed by atoms with Gasteiger partial charge in [-0.15, -0.1) is 0 Å². The van der Waals surface area contributed by atoms with Gasteiger partial charge in [0, 0.05) is 12.3 Å². The monoisotopic (exact) mass is 286 g/mol. The molecule has 2 N–H and O–H groups in total. The zero-order chi connectivity index (χ0) is 15.3. The zero-order valence-corrected chi connectivity index (χ0v) is 12.0. The first-order valence-corrected chi connectivity index (χ1v) is 6.62. The van der Waals surface area contributed by atoms with Crippen molar-refractivity contribution in [1.29, 1.82) is 0 Å². The summed E-state index contributed by atoms with van der Waals surface area (Å²) in [6.07, 6.45) is 1.51. The van der Waals surface area contributed by atoms with Crippen molar-refractivity contribution in [3.05, 3.63) is 54.4 Å². The summed E-state index contributed by atoms with van der Waals surface area (Å²) in [6.45, 7) is 3.31. The minimum Gasteiger partial charge on any atom is -0.457 e. The number of para-hydroxylation sites is 1. The summed E-state index contributed by atoms with van der Waals surface area (Å²) in [5, 5.41) is 11.9. The van der Waals surface area contributed by atoms with Gasteiger partial charge in [0.05, 0.1) is 12.1 Å². The van der Waals surface area contributed by atoms with Gasteiger partial charge >= 0.3 is 0 Å². The van der Waals surface area contributed by atoms with Gasteiger partial charge in [-0.1, -0.05) is 18.2 Å². The molecule has 0 spiro atoms. The molecule has 0 aliphatic heterocycles. The standard InChI is InChI=1S/C16H18N2O3/c1-16(2,11-19)18-15(20)14-10-13(8-9-17-14)21-12-6-4-3-5-7-12/h3-10,19H,11H2,1-2H3,(H,18,20). The molecule has 21 heavy (non-hydrogen) atoms. The van der Waals surface area contributed by atoms with E-state index in [-0.39, 0.29) is 18.2 Å². The van der Waals surface area contributed by atoms with Crippen LogP contribution in [0.3, 0.4) is 0 Å². The fourth-order valence-corrected chi connectivity index (χ4v) is 1.63. The van der Waals surface area contributed by atoms with Crippen LogP contribution in [0, 0.1) is 0 Å². The van der Waals surface area contributed by atoms with Crippen molar-refractivity contribution in [2.45, 2.75) is 19.4 Å². The molecule has 1 aromatic heterocycles. The van der Waals surface area contributed by atoms with Crippen LogP contribution in [0.25, 0.3) is 0 Å². The number of carbonyl (C=O) groups is 1. The second kappa shape index (κ2) is 6.37. The van der Waals surface area contributed by atoms with Gasteiger partial charge in [-0.05, 0) is 32.0 Å². The number of nitrogens with one attached hydrogen (secondary N) is 1. The Bertz CT molecular complexity index is 612. The lowest BCUT2D eigenvalue weighted by molar-refractivity contribution is 0.0864. The molecule has 0 radical (unpaired) electrons. The maximum absolute atomic E-state index is 12.1. The molecule has 5 nitrogen and oxygen atoms in total. The highest BCUT2D eigenvalue weighted by molar-refractivity contribution is 5.93. The van der Waals surface area contributed by atoms with Crippen LogP contribution in [0.2, 0.25) is 0 Å². The number of ether oxygens (including phenoxy) is 1. The van der Waals surface area contributed by atoms with Gasteiger partial charge in [-0.2, -0.15) is 0 Å². The molecule has 0 saturated heterocycles. The number of aromatic nitrogens is 1. The Morgan fingerprint density at radius 1 is 1.24 bits per heavy atom. The molecule has 0 saturated carbocycles. The number of hydrogen-bond donors (Lipinski definition) is 2. The number of aliphatic hydroxyl groups is 1. The molecule has 1 amide bonds. The third-order valence-corrected chi connectivity index (χ3v) is 2.79. The van der Waals surface area contributed by atoms with E-state index in [1.165, 1.54) is 6.20 Å². The van der Waals surface area contributed by atoms with E-state index in [1.807, 2.05) is 30.3 Å². The summed E-state index contributed by atoms with van der Waals surface area (Å²) < 4.78 is 5.66. The summed E-state index contributed by atoms with van der Waals surface area (Å²) in [5.74, 6) is 0.862. The Hall–Kier alpha value is -2.40. The molecule has 2 aromatic rings. The molecular weight excluding hydrogens is 268 g/mol. The van der Waals surface area contributed by atoms with Crippen LogP contribution in [-0.4, -0.2) is 28.1 Å². The molecule has 0 fully saturated rings. The fourth-order valence-electron chi connectivity index (χ4n) is 1.63. The Labute approximate surface area is 123 Å². The molecule has 1 heterocycles. The van der Waals surface area contributed by atoms with E-state index in [0.717, 1.165) is 0 Å². The van der Waals surface area contributed by atoms with Crippen LogP contribution in [0.5, 0.6) is 11.5 Å². The Kier molecular flexibility index (Phi) is 4.55. The van der Waals surface area contributed by atoms with E-state index in [0.29, 0.717) is 11.5 Å². The normalized spacial score (nSPS) is 11.0. The Morgan fingerprint density at radius 2 is 1.95 bits per heavy atom. The third kappa shape index (κ3) is 4.29. The zero-order valence-electron chi connectivity index (χ0n) is 12.0. The lowest BCUT2D eigenvalue weighted by Gasteiger charge is -2.23. The second-order valence-corrected chi connectivity index (χ2v) is 5.29. The van der Waals surface area contributed by atoms with Crippen LogP contribution < -0.4 is 10.1 Å². The van der Waals surface area contributed by atoms with Crippen molar-refractivity contribution in [3.63, 3.8) is 0 Å². The number of benzene rings is 1. The number of aliphatic hydroxyl groups excluding tert-OH is 1. The van der Waals surface area contributed by atoms with Gasteiger partial charge in [-0.25, -0.2) is 0 Å². The molecule has 110 valence electrons. The molecule has 0 atom stereocenters. The topological polar surface area (TPSA) is 71.5 Å². The van der Waals surface area contributed by atoms with Crippen LogP contribution in [0.15, 0.2) is 48.7 Å². The van der Waals surface area contributed by atoms with Crippen molar-refractivity contribution in [2.24, 2.45) is 0 Å². The number of rotatable bonds is 5. The number of hydrogen-bond acceptors (Lipinski definition) is 4. The predicted molar refractivity (Wildman–Crippen MR) is 79.4 cm³/mol. The average molecular weight is 286 g/mol. The maximum atomic E-state index is 12.1. The summed E-state index contributed by atoms with van der Waals surface area (Å²) in [7, 11) is 0. The van der Waals surface area contributed by atoms with E-state index in [4.69, 9.17) is 4.74 Å². The number of carbonyl (C=O) groups excluding carboxylic acids is 1. The highest BCUT2D eigenvalue weighted by atomic mass is 16.5. The summed E-state index contributed by atoms with van der Waals surface area (Å²) in [4.78, 5) is 16.1. The van der Waals surface area contributed by atoms with Gasteiger partial charge < -0.3 is 15.2 Å². The van der Waals surface area contributed by atoms with Crippen LogP contribution in [0.1, 0.15) is 24.3 Å². The van der Waals surface area contributed by atoms with Gasteiger partial charge in [-0.3, -0.25) is 9.78 Å². The van der Waals surface area contributed by atoms with E-state index < -0.39 is 5.54 Å². The molecular formula is C16H18N2O3. The number of nitrogens with zero attached hydrogens (tertiary/aromatic N) is 1. The van der Waals surface area contributed by atoms with Crippen molar-refractivity contribution in [2.75, 3.05) is 6.61 Å². The molecule has 0 aliphatic rings. The number of amides is 1. The summed E-state index contributed by atoms with van der Waals surface area (Å²) in [6, 6.07) is 12.5. The first-order chi connectivity index (χ1) is 10.00. The van der Waals surface area contributed by atoms with Gasteiger partial charge in [0.15, 0.2) is 0 Å². The third-order valence-electron chi connectivity index (χ3n) is 2.79. The molecule has 0 aliphatic carbocycles. The van der Waals surface area contributed by atoms with Gasteiger partial charge in [0.1, 0.15) is 17.2 Å².